The third-order valence-electron chi connectivity index (χ3n) is 4.41. The maximum atomic E-state index is 13.1. The van der Waals surface area contributed by atoms with Crippen LogP contribution in [0.4, 0.5) is 10.1 Å². The molecule has 128 valence electrons. The largest absolute Gasteiger partial charge is 0.340 e. The van der Waals surface area contributed by atoms with Crippen molar-refractivity contribution in [3.05, 3.63) is 76.7 Å². The number of nitrogens with one attached hydrogen (secondary N) is 1. The molecule has 2 aromatic carbocycles. The van der Waals surface area contributed by atoms with Crippen molar-refractivity contribution in [1.29, 1.82) is 0 Å². The van der Waals surface area contributed by atoms with E-state index in [0.29, 0.717) is 5.69 Å². The van der Waals surface area contributed by atoms with Crippen LogP contribution >= 0.6 is 0 Å². The second-order valence-electron chi connectivity index (χ2n) is 6.40. The first-order valence-corrected chi connectivity index (χ1v) is 8.17. The minimum absolute atomic E-state index is 0.161. The van der Waals surface area contributed by atoms with Gasteiger partial charge in [-0.1, -0.05) is 17.7 Å². The normalized spacial score (nSPS) is 10.8. The van der Waals surface area contributed by atoms with E-state index in [1.54, 1.807) is 18.2 Å². The first kappa shape index (κ1) is 17.0. The summed E-state index contributed by atoms with van der Waals surface area (Å²) in [5.41, 5.74) is 6.38. The van der Waals surface area contributed by atoms with Gasteiger partial charge in [0.2, 0.25) is 0 Å². The standard InChI is InChI=1S/C21H21FN2O/c1-13-11-14(2)20(15(3)12-13)23-21(25)19-10-9-18(24(19)4)16-5-7-17(22)8-6-16/h5-12H,1-4H3,(H,23,25). The molecule has 25 heavy (non-hydrogen) atoms. The number of rotatable bonds is 3. The maximum absolute atomic E-state index is 13.1. The van der Waals surface area contributed by atoms with Crippen LogP contribution in [0, 0.1) is 26.6 Å². The third-order valence-corrected chi connectivity index (χ3v) is 4.41. The summed E-state index contributed by atoms with van der Waals surface area (Å²) in [4.78, 5) is 12.7. The van der Waals surface area contributed by atoms with Gasteiger partial charge in [0.25, 0.3) is 5.91 Å². The van der Waals surface area contributed by atoms with Crippen molar-refractivity contribution >= 4 is 11.6 Å². The zero-order valence-electron chi connectivity index (χ0n) is 14.9. The molecular weight excluding hydrogens is 315 g/mol. The molecule has 0 bridgehead atoms. The Kier molecular flexibility index (Phi) is 4.45. The molecule has 0 spiro atoms. The highest BCUT2D eigenvalue weighted by molar-refractivity contribution is 6.04. The Hall–Kier alpha value is -2.88. The minimum atomic E-state index is -0.277. The molecule has 1 amide bonds. The lowest BCUT2D eigenvalue weighted by atomic mass is 10.1. The molecule has 3 rings (SSSR count). The number of nitrogens with zero attached hydrogens (tertiary/aromatic N) is 1. The minimum Gasteiger partial charge on any atom is -0.340 e. The summed E-state index contributed by atoms with van der Waals surface area (Å²) in [5.74, 6) is -0.438. The highest BCUT2D eigenvalue weighted by Crippen LogP contribution is 2.25. The smallest absolute Gasteiger partial charge is 0.272 e. The van der Waals surface area contributed by atoms with Gasteiger partial charge >= 0.3 is 0 Å². The van der Waals surface area contributed by atoms with Gasteiger partial charge in [0.05, 0.1) is 0 Å². The monoisotopic (exact) mass is 336 g/mol. The van der Waals surface area contributed by atoms with Crippen molar-refractivity contribution < 1.29 is 9.18 Å². The average Bonchev–Trinajstić information content (AvgIpc) is 2.93. The SMILES string of the molecule is Cc1cc(C)c(NC(=O)c2ccc(-c3ccc(F)cc3)n2C)c(C)c1. The number of carbonyl (C=O) groups is 1. The number of hydrogen-bond acceptors (Lipinski definition) is 1. The van der Waals surface area contributed by atoms with Crippen LogP contribution in [-0.2, 0) is 7.05 Å². The fourth-order valence-electron chi connectivity index (χ4n) is 3.20. The first-order chi connectivity index (χ1) is 11.9. The molecule has 0 aliphatic carbocycles. The van der Waals surface area contributed by atoms with Gasteiger partial charge in [-0.05, 0) is 73.9 Å². The molecule has 0 saturated carbocycles. The lowest BCUT2D eigenvalue weighted by Gasteiger charge is -2.14. The van der Waals surface area contributed by atoms with Crippen LogP contribution in [0.15, 0.2) is 48.5 Å². The quantitative estimate of drug-likeness (QED) is 0.717. The average molecular weight is 336 g/mol. The fourth-order valence-corrected chi connectivity index (χ4v) is 3.20. The van der Waals surface area contributed by atoms with Crippen LogP contribution in [0.3, 0.4) is 0 Å². The van der Waals surface area contributed by atoms with Crippen molar-refractivity contribution in [3.63, 3.8) is 0 Å². The number of aryl methyl sites for hydroxylation is 3. The van der Waals surface area contributed by atoms with E-state index in [2.05, 4.69) is 17.4 Å². The zero-order valence-corrected chi connectivity index (χ0v) is 14.9. The summed E-state index contributed by atoms with van der Waals surface area (Å²) in [6, 6.07) is 14.0. The van der Waals surface area contributed by atoms with Gasteiger partial charge in [-0.3, -0.25) is 4.79 Å². The molecule has 4 heteroatoms. The number of carbonyl (C=O) groups excluding carboxylic acids is 1. The van der Waals surface area contributed by atoms with E-state index in [9.17, 15) is 9.18 Å². The topological polar surface area (TPSA) is 34.0 Å². The molecule has 1 heterocycles. The third kappa shape index (κ3) is 3.33. The van der Waals surface area contributed by atoms with Crippen LogP contribution in [-0.4, -0.2) is 10.5 Å². The van der Waals surface area contributed by atoms with E-state index < -0.39 is 0 Å². The van der Waals surface area contributed by atoms with Crippen LogP contribution in [0.5, 0.6) is 0 Å². The molecule has 0 atom stereocenters. The number of anilines is 1. The van der Waals surface area contributed by atoms with Crippen molar-refractivity contribution in [3.8, 4) is 11.3 Å². The molecule has 0 radical (unpaired) electrons. The molecular formula is C21H21FN2O. The first-order valence-electron chi connectivity index (χ1n) is 8.17. The van der Waals surface area contributed by atoms with Crippen LogP contribution in [0.2, 0.25) is 0 Å². The van der Waals surface area contributed by atoms with Gasteiger partial charge in [0.15, 0.2) is 0 Å². The summed E-state index contributed by atoms with van der Waals surface area (Å²) in [7, 11) is 1.84. The Balaban J connectivity index is 1.90. The lowest BCUT2D eigenvalue weighted by molar-refractivity contribution is 0.101. The van der Waals surface area contributed by atoms with E-state index in [1.807, 2.05) is 38.5 Å². The summed E-state index contributed by atoms with van der Waals surface area (Å²) < 4.78 is 14.9. The Morgan fingerprint density at radius 3 is 2.16 bits per heavy atom. The van der Waals surface area contributed by atoms with E-state index in [1.165, 1.54) is 17.7 Å². The molecule has 0 fully saturated rings. The summed E-state index contributed by atoms with van der Waals surface area (Å²) >= 11 is 0. The van der Waals surface area contributed by atoms with Gasteiger partial charge < -0.3 is 9.88 Å². The molecule has 1 N–H and O–H groups in total. The predicted molar refractivity (Wildman–Crippen MR) is 99.4 cm³/mol. The molecule has 3 aromatic rings. The second kappa shape index (κ2) is 6.55. The Morgan fingerprint density at radius 1 is 0.960 bits per heavy atom. The van der Waals surface area contributed by atoms with Gasteiger partial charge in [-0.15, -0.1) is 0 Å². The van der Waals surface area contributed by atoms with Crippen molar-refractivity contribution in [2.24, 2.45) is 7.05 Å². The molecule has 0 aliphatic rings. The fraction of sp³-hybridized carbons (Fsp3) is 0.190. The Bertz CT molecular complexity index is 916. The highest BCUT2D eigenvalue weighted by atomic mass is 19.1. The predicted octanol–water partition coefficient (Wildman–Crippen LogP) is 5.01. The van der Waals surface area contributed by atoms with Crippen LogP contribution in [0.25, 0.3) is 11.3 Å². The molecule has 1 aromatic heterocycles. The number of halogens is 1. The number of benzene rings is 2. The second-order valence-corrected chi connectivity index (χ2v) is 6.40. The molecule has 0 aliphatic heterocycles. The van der Waals surface area contributed by atoms with Gasteiger partial charge in [0.1, 0.15) is 11.5 Å². The van der Waals surface area contributed by atoms with E-state index >= 15 is 0 Å². The molecule has 3 nitrogen and oxygen atoms in total. The van der Waals surface area contributed by atoms with Gasteiger partial charge in [-0.25, -0.2) is 4.39 Å². The van der Waals surface area contributed by atoms with Crippen LogP contribution < -0.4 is 5.32 Å². The lowest BCUT2D eigenvalue weighted by Crippen LogP contribution is -2.17. The maximum Gasteiger partial charge on any atom is 0.272 e. The summed E-state index contributed by atoms with van der Waals surface area (Å²) in [6.45, 7) is 6.02. The van der Waals surface area contributed by atoms with Gasteiger partial charge in [0, 0.05) is 18.4 Å². The molecule has 0 unspecified atom stereocenters. The zero-order chi connectivity index (χ0) is 18.1. The van der Waals surface area contributed by atoms with E-state index in [0.717, 1.165) is 28.1 Å². The highest BCUT2D eigenvalue weighted by Gasteiger charge is 2.15. The summed E-state index contributed by atoms with van der Waals surface area (Å²) in [6.07, 6.45) is 0. The van der Waals surface area contributed by atoms with Crippen molar-refractivity contribution in [2.45, 2.75) is 20.8 Å². The number of amides is 1. The van der Waals surface area contributed by atoms with Crippen LogP contribution in [0.1, 0.15) is 27.2 Å². The Labute approximate surface area is 147 Å². The van der Waals surface area contributed by atoms with E-state index in [-0.39, 0.29) is 11.7 Å². The number of hydrogen-bond donors (Lipinski definition) is 1. The summed E-state index contributed by atoms with van der Waals surface area (Å²) in [5, 5.41) is 3.02. The number of aromatic nitrogens is 1. The Morgan fingerprint density at radius 2 is 1.56 bits per heavy atom. The van der Waals surface area contributed by atoms with Crippen molar-refractivity contribution in [1.82, 2.24) is 4.57 Å². The van der Waals surface area contributed by atoms with E-state index in [4.69, 9.17) is 0 Å². The molecule has 0 saturated heterocycles. The van der Waals surface area contributed by atoms with Gasteiger partial charge in [-0.2, -0.15) is 0 Å². The van der Waals surface area contributed by atoms with Crippen molar-refractivity contribution in [2.75, 3.05) is 5.32 Å².